The molecule has 1 fully saturated rings. The molecule has 3 nitrogen and oxygen atoms in total. The molecule has 1 heterocycles. The molecule has 0 bridgehead atoms. The van der Waals surface area contributed by atoms with Crippen molar-refractivity contribution in [1.29, 1.82) is 0 Å². The molecule has 18 heavy (non-hydrogen) atoms. The van der Waals surface area contributed by atoms with E-state index < -0.39 is 36.0 Å². The maximum atomic E-state index is 13.7. The van der Waals surface area contributed by atoms with Crippen LogP contribution in [0.3, 0.4) is 0 Å². The van der Waals surface area contributed by atoms with E-state index in [-0.39, 0.29) is 18.4 Å². The van der Waals surface area contributed by atoms with Crippen LogP contribution >= 0.6 is 0 Å². The van der Waals surface area contributed by atoms with Crippen molar-refractivity contribution >= 4 is 5.97 Å². The third-order valence-electron chi connectivity index (χ3n) is 3.53. The van der Waals surface area contributed by atoms with Gasteiger partial charge in [-0.25, -0.2) is 13.2 Å². The summed E-state index contributed by atoms with van der Waals surface area (Å²) in [6.07, 6.45) is 0.567. The van der Waals surface area contributed by atoms with Crippen LogP contribution in [0.15, 0.2) is 18.5 Å². The minimum atomic E-state index is -2.86. The highest BCUT2D eigenvalue weighted by Crippen LogP contribution is 2.46. The Balaban J connectivity index is 2.42. The Morgan fingerprint density at radius 2 is 1.89 bits per heavy atom. The van der Waals surface area contributed by atoms with Crippen LogP contribution in [0.1, 0.15) is 31.2 Å². The van der Waals surface area contributed by atoms with Crippen LogP contribution in [-0.2, 0) is 10.2 Å². The molecule has 0 spiro atoms. The molecule has 0 aromatic carbocycles. The molecular formula is C12H12F3NO2. The van der Waals surface area contributed by atoms with Crippen molar-refractivity contribution in [3.63, 3.8) is 0 Å². The van der Waals surface area contributed by atoms with Gasteiger partial charge in [-0.1, -0.05) is 0 Å². The summed E-state index contributed by atoms with van der Waals surface area (Å²) < 4.78 is 39.9. The zero-order valence-corrected chi connectivity index (χ0v) is 9.50. The van der Waals surface area contributed by atoms with Crippen molar-refractivity contribution in [2.24, 2.45) is 0 Å². The van der Waals surface area contributed by atoms with Gasteiger partial charge in [0.05, 0.1) is 11.6 Å². The van der Waals surface area contributed by atoms with Crippen LogP contribution in [0.5, 0.6) is 0 Å². The molecule has 6 heteroatoms. The minimum Gasteiger partial charge on any atom is -0.481 e. The van der Waals surface area contributed by atoms with Crippen molar-refractivity contribution in [1.82, 2.24) is 4.98 Å². The average Bonchev–Trinajstić information content (AvgIpc) is 2.30. The zero-order chi connectivity index (χ0) is 13.4. The summed E-state index contributed by atoms with van der Waals surface area (Å²) in [6, 6.07) is 1.26. The first-order valence-corrected chi connectivity index (χ1v) is 5.59. The molecule has 0 saturated heterocycles. The van der Waals surface area contributed by atoms with Gasteiger partial charge >= 0.3 is 5.97 Å². The third-order valence-corrected chi connectivity index (χ3v) is 3.53. The summed E-state index contributed by atoms with van der Waals surface area (Å²) in [5.41, 5.74) is -1.62. The molecule has 1 aliphatic rings. The standard InChI is InChI=1S/C12H12F3NO2/c13-9-7-16-6-1-8(9)11(10(17)18)2-4-12(14,15)5-3-11/h1,6-7H,2-5H2,(H,17,18). The molecular weight excluding hydrogens is 247 g/mol. The fraction of sp³-hybridized carbons (Fsp3) is 0.500. The van der Waals surface area contributed by atoms with Gasteiger partial charge < -0.3 is 5.11 Å². The number of carbonyl (C=O) groups is 1. The molecule has 1 aromatic rings. The molecule has 0 atom stereocenters. The first-order valence-electron chi connectivity index (χ1n) is 5.59. The summed E-state index contributed by atoms with van der Waals surface area (Å²) >= 11 is 0. The quantitative estimate of drug-likeness (QED) is 0.888. The molecule has 0 amide bonds. The number of rotatable bonds is 2. The SMILES string of the molecule is O=C(O)C1(c2ccncc2F)CCC(F)(F)CC1. The number of halogens is 3. The minimum absolute atomic E-state index is 0.0551. The Bertz CT molecular complexity index is 466. The summed E-state index contributed by atoms with van der Waals surface area (Å²) in [7, 11) is 0. The van der Waals surface area contributed by atoms with E-state index >= 15 is 0 Å². The van der Waals surface area contributed by atoms with Gasteiger partial charge in [-0.05, 0) is 18.9 Å². The first kappa shape index (κ1) is 12.9. The second-order valence-corrected chi connectivity index (χ2v) is 4.60. The van der Waals surface area contributed by atoms with Crippen LogP contribution in [0, 0.1) is 5.82 Å². The molecule has 0 unspecified atom stereocenters. The Hall–Kier alpha value is -1.59. The fourth-order valence-corrected chi connectivity index (χ4v) is 2.40. The molecule has 2 rings (SSSR count). The number of alkyl halides is 2. The lowest BCUT2D eigenvalue weighted by atomic mass is 9.68. The van der Waals surface area contributed by atoms with Gasteiger partial charge in [-0.3, -0.25) is 9.78 Å². The molecule has 98 valence electrons. The number of pyridine rings is 1. The molecule has 0 aliphatic heterocycles. The first-order chi connectivity index (χ1) is 8.37. The van der Waals surface area contributed by atoms with Crippen LogP contribution in [0.25, 0.3) is 0 Å². The van der Waals surface area contributed by atoms with Crippen molar-refractivity contribution in [2.45, 2.75) is 37.0 Å². The number of aliphatic carboxylic acids is 1. The lowest BCUT2D eigenvalue weighted by Crippen LogP contribution is -2.43. The number of hydrogen-bond acceptors (Lipinski definition) is 2. The van der Waals surface area contributed by atoms with Crippen LogP contribution in [0.2, 0.25) is 0 Å². The van der Waals surface area contributed by atoms with Gasteiger partial charge in [0.2, 0.25) is 5.92 Å². The van der Waals surface area contributed by atoms with E-state index in [0.29, 0.717) is 0 Å². The molecule has 1 aromatic heterocycles. The monoisotopic (exact) mass is 259 g/mol. The summed E-state index contributed by atoms with van der Waals surface area (Å²) in [4.78, 5) is 15.0. The Kier molecular flexibility index (Phi) is 3.04. The van der Waals surface area contributed by atoms with E-state index in [1.54, 1.807) is 0 Å². The van der Waals surface area contributed by atoms with E-state index in [4.69, 9.17) is 0 Å². The maximum absolute atomic E-state index is 13.7. The average molecular weight is 259 g/mol. The zero-order valence-electron chi connectivity index (χ0n) is 9.50. The number of carboxylic acid groups (broad SMARTS) is 1. The van der Waals surface area contributed by atoms with Gasteiger partial charge in [0, 0.05) is 24.6 Å². The van der Waals surface area contributed by atoms with Gasteiger partial charge in [-0.15, -0.1) is 0 Å². The predicted molar refractivity (Wildman–Crippen MR) is 56.9 cm³/mol. The normalized spacial score (nSPS) is 21.5. The van der Waals surface area contributed by atoms with Crippen LogP contribution in [0.4, 0.5) is 13.2 Å². The van der Waals surface area contributed by atoms with Gasteiger partial charge in [0.1, 0.15) is 5.82 Å². The van der Waals surface area contributed by atoms with Crippen LogP contribution in [-0.4, -0.2) is 22.0 Å². The van der Waals surface area contributed by atoms with Crippen molar-refractivity contribution in [3.8, 4) is 0 Å². The van der Waals surface area contributed by atoms with Crippen molar-refractivity contribution < 1.29 is 23.1 Å². The topological polar surface area (TPSA) is 50.2 Å². The number of aromatic nitrogens is 1. The largest absolute Gasteiger partial charge is 0.481 e. The summed E-state index contributed by atoms with van der Waals surface area (Å²) in [5.74, 6) is -4.88. The van der Waals surface area contributed by atoms with E-state index in [0.717, 1.165) is 6.20 Å². The highest BCUT2D eigenvalue weighted by atomic mass is 19.3. The molecule has 0 radical (unpaired) electrons. The lowest BCUT2D eigenvalue weighted by Gasteiger charge is -2.37. The summed E-state index contributed by atoms with van der Waals surface area (Å²) in [5, 5.41) is 9.30. The van der Waals surface area contributed by atoms with Gasteiger partial charge in [0.25, 0.3) is 0 Å². The van der Waals surface area contributed by atoms with Crippen molar-refractivity contribution in [3.05, 3.63) is 29.8 Å². The number of hydrogen-bond donors (Lipinski definition) is 1. The predicted octanol–water partition coefficient (Wildman–Crippen LogP) is 2.75. The Labute approximate surface area is 102 Å². The highest BCUT2D eigenvalue weighted by molar-refractivity contribution is 5.81. The lowest BCUT2D eigenvalue weighted by molar-refractivity contribution is -0.149. The van der Waals surface area contributed by atoms with Crippen molar-refractivity contribution in [2.75, 3.05) is 0 Å². The smallest absolute Gasteiger partial charge is 0.314 e. The Morgan fingerprint density at radius 3 is 2.39 bits per heavy atom. The third kappa shape index (κ3) is 2.07. The summed E-state index contributed by atoms with van der Waals surface area (Å²) in [6.45, 7) is 0. The fourth-order valence-electron chi connectivity index (χ4n) is 2.40. The second-order valence-electron chi connectivity index (χ2n) is 4.60. The van der Waals surface area contributed by atoms with E-state index in [1.165, 1.54) is 12.3 Å². The maximum Gasteiger partial charge on any atom is 0.314 e. The molecule has 1 saturated carbocycles. The van der Waals surface area contributed by atoms with Gasteiger partial charge in [-0.2, -0.15) is 0 Å². The van der Waals surface area contributed by atoms with E-state index in [9.17, 15) is 23.1 Å². The Morgan fingerprint density at radius 1 is 1.28 bits per heavy atom. The molecule has 1 N–H and O–H groups in total. The second kappa shape index (κ2) is 4.26. The van der Waals surface area contributed by atoms with E-state index in [1.807, 2.05) is 0 Å². The molecule has 1 aliphatic carbocycles. The van der Waals surface area contributed by atoms with E-state index in [2.05, 4.69) is 4.98 Å². The van der Waals surface area contributed by atoms with Gasteiger partial charge in [0.15, 0.2) is 0 Å². The highest BCUT2D eigenvalue weighted by Gasteiger charge is 2.50. The number of carboxylic acids is 1. The van der Waals surface area contributed by atoms with Crippen LogP contribution < -0.4 is 0 Å². The number of nitrogens with zero attached hydrogens (tertiary/aromatic N) is 1.